The van der Waals surface area contributed by atoms with Crippen molar-refractivity contribution < 1.29 is 8.83 Å². The highest BCUT2D eigenvalue weighted by Gasteiger charge is 2.20. The quantitative estimate of drug-likeness (QED) is 0.179. The van der Waals surface area contributed by atoms with Crippen LogP contribution in [-0.4, -0.2) is 19.9 Å². The molecule has 0 bridgehead atoms. The smallest absolute Gasteiger partial charge is 0.227 e. The Morgan fingerprint density at radius 1 is 0.315 bits per heavy atom. The normalized spacial score (nSPS) is 11.7. The first-order chi connectivity index (χ1) is 26.7. The Morgan fingerprint density at radius 2 is 0.815 bits per heavy atom. The van der Waals surface area contributed by atoms with Crippen LogP contribution in [0.5, 0.6) is 0 Å². The van der Waals surface area contributed by atoms with Gasteiger partial charge in [-0.15, -0.1) is 0 Å². The van der Waals surface area contributed by atoms with Crippen molar-refractivity contribution in [2.75, 3.05) is 0 Å². The molecule has 3 heterocycles. The van der Waals surface area contributed by atoms with Gasteiger partial charge in [0.05, 0.1) is 5.39 Å². The summed E-state index contributed by atoms with van der Waals surface area (Å²) in [6.07, 6.45) is 0. The van der Waals surface area contributed by atoms with Gasteiger partial charge in [0.1, 0.15) is 16.7 Å². The van der Waals surface area contributed by atoms with Crippen LogP contribution in [0.25, 0.3) is 111 Å². The van der Waals surface area contributed by atoms with Crippen molar-refractivity contribution in [3.05, 3.63) is 170 Å². The Kier molecular flexibility index (Phi) is 6.75. The zero-order valence-corrected chi connectivity index (χ0v) is 28.8. The maximum Gasteiger partial charge on any atom is 0.227 e. The van der Waals surface area contributed by atoms with Gasteiger partial charge in [-0.25, -0.2) is 19.9 Å². The van der Waals surface area contributed by atoms with E-state index in [0.29, 0.717) is 28.9 Å². The molecular formula is C48H28N4O2. The van der Waals surface area contributed by atoms with Crippen LogP contribution in [0.2, 0.25) is 0 Å². The summed E-state index contributed by atoms with van der Waals surface area (Å²) in [6, 6.07) is 57.8. The standard InChI is InChI=1S/C48H28N4O2/c1-4-10-29(11-5-1)33-17-18-35-27-36(21-19-34(35)26-33)46-50-45(31-12-6-2-7-13-31)51-47(52-46)37-20-16-30-22-23-39-42(38(30)28-37)43-40(53-39)24-25-41-44(43)49-48(54-41)32-14-8-3-9-15-32/h1-28H. The Bertz CT molecular complexity index is 3210. The third kappa shape index (κ3) is 5.04. The van der Waals surface area contributed by atoms with E-state index in [0.717, 1.165) is 71.3 Å². The molecule has 11 aromatic rings. The van der Waals surface area contributed by atoms with Crippen LogP contribution < -0.4 is 0 Å². The van der Waals surface area contributed by atoms with Crippen LogP contribution in [0, 0.1) is 0 Å². The van der Waals surface area contributed by atoms with Gasteiger partial charge in [0.2, 0.25) is 5.89 Å². The molecule has 0 spiro atoms. The van der Waals surface area contributed by atoms with E-state index in [4.69, 9.17) is 28.8 Å². The molecule has 0 fully saturated rings. The molecule has 0 amide bonds. The van der Waals surface area contributed by atoms with Gasteiger partial charge in [-0.3, -0.25) is 0 Å². The van der Waals surface area contributed by atoms with E-state index in [1.807, 2.05) is 84.9 Å². The van der Waals surface area contributed by atoms with Crippen LogP contribution in [0.4, 0.5) is 0 Å². The maximum atomic E-state index is 6.43. The van der Waals surface area contributed by atoms with Crippen molar-refractivity contribution in [1.82, 2.24) is 19.9 Å². The Labute approximate surface area is 309 Å². The van der Waals surface area contributed by atoms with E-state index in [1.54, 1.807) is 0 Å². The monoisotopic (exact) mass is 692 g/mol. The lowest BCUT2D eigenvalue weighted by Crippen LogP contribution is -2.00. The number of hydrogen-bond donors (Lipinski definition) is 0. The minimum Gasteiger partial charge on any atom is -0.456 e. The van der Waals surface area contributed by atoms with E-state index in [1.165, 1.54) is 11.1 Å². The number of furan rings is 1. The van der Waals surface area contributed by atoms with Crippen LogP contribution in [-0.2, 0) is 0 Å². The highest BCUT2D eigenvalue weighted by Crippen LogP contribution is 2.41. The lowest BCUT2D eigenvalue weighted by atomic mass is 9.99. The van der Waals surface area contributed by atoms with Gasteiger partial charge in [-0.1, -0.05) is 121 Å². The first-order valence-electron chi connectivity index (χ1n) is 17.9. The summed E-state index contributed by atoms with van der Waals surface area (Å²) < 4.78 is 12.7. The predicted octanol–water partition coefficient (Wildman–Crippen LogP) is 12.6. The van der Waals surface area contributed by atoms with Crippen LogP contribution in [0.15, 0.2) is 179 Å². The van der Waals surface area contributed by atoms with Gasteiger partial charge >= 0.3 is 0 Å². The van der Waals surface area contributed by atoms with E-state index in [9.17, 15) is 0 Å². The maximum absolute atomic E-state index is 6.43. The summed E-state index contributed by atoms with van der Waals surface area (Å²) in [5.74, 6) is 2.38. The van der Waals surface area contributed by atoms with E-state index < -0.39 is 0 Å². The van der Waals surface area contributed by atoms with E-state index in [-0.39, 0.29) is 0 Å². The Hall–Kier alpha value is -7.44. The summed E-state index contributed by atoms with van der Waals surface area (Å²) in [4.78, 5) is 20.2. The minimum absolute atomic E-state index is 0.574. The average molecular weight is 693 g/mol. The fourth-order valence-corrected chi connectivity index (χ4v) is 7.45. The zero-order chi connectivity index (χ0) is 35.6. The molecular weight excluding hydrogens is 665 g/mol. The number of nitrogens with zero attached hydrogens (tertiary/aromatic N) is 4. The van der Waals surface area contributed by atoms with Gasteiger partial charge in [-0.05, 0) is 81.2 Å². The molecule has 8 aromatic carbocycles. The molecule has 0 saturated heterocycles. The Balaban J connectivity index is 1.08. The van der Waals surface area contributed by atoms with E-state index in [2.05, 4.69) is 84.9 Å². The molecule has 54 heavy (non-hydrogen) atoms. The fraction of sp³-hybridized carbons (Fsp3) is 0. The van der Waals surface area contributed by atoms with Gasteiger partial charge in [0.25, 0.3) is 0 Å². The molecule has 0 saturated carbocycles. The van der Waals surface area contributed by atoms with E-state index >= 15 is 0 Å². The average Bonchev–Trinajstić information content (AvgIpc) is 3.86. The molecule has 0 aliphatic carbocycles. The van der Waals surface area contributed by atoms with Gasteiger partial charge in [0.15, 0.2) is 23.1 Å². The first kappa shape index (κ1) is 30.2. The summed E-state index contributed by atoms with van der Waals surface area (Å²) >= 11 is 0. The molecule has 3 aromatic heterocycles. The van der Waals surface area contributed by atoms with Gasteiger partial charge in [-0.2, -0.15) is 0 Å². The summed E-state index contributed by atoms with van der Waals surface area (Å²) in [5.41, 5.74) is 9.01. The van der Waals surface area contributed by atoms with Gasteiger partial charge in [0, 0.05) is 27.6 Å². The second-order valence-electron chi connectivity index (χ2n) is 13.5. The number of fused-ring (bicyclic) bond motifs is 8. The first-order valence-corrected chi connectivity index (χ1v) is 17.9. The van der Waals surface area contributed by atoms with Crippen molar-refractivity contribution in [2.24, 2.45) is 0 Å². The summed E-state index contributed by atoms with van der Waals surface area (Å²) in [7, 11) is 0. The molecule has 0 unspecified atom stereocenters. The summed E-state index contributed by atoms with van der Waals surface area (Å²) in [6.45, 7) is 0. The lowest BCUT2D eigenvalue weighted by Gasteiger charge is -2.10. The fourth-order valence-electron chi connectivity index (χ4n) is 7.45. The largest absolute Gasteiger partial charge is 0.456 e. The predicted molar refractivity (Wildman–Crippen MR) is 217 cm³/mol. The topological polar surface area (TPSA) is 77.8 Å². The third-order valence-corrected chi connectivity index (χ3v) is 10.1. The van der Waals surface area contributed by atoms with Crippen molar-refractivity contribution in [1.29, 1.82) is 0 Å². The number of hydrogen-bond acceptors (Lipinski definition) is 6. The van der Waals surface area contributed by atoms with Crippen molar-refractivity contribution in [3.8, 4) is 56.7 Å². The second-order valence-corrected chi connectivity index (χ2v) is 13.5. The third-order valence-electron chi connectivity index (χ3n) is 10.1. The zero-order valence-electron chi connectivity index (χ0n) is 28.8. The number of benzene rings is 8. The van der Waals surface area contributed by atoms with Crippen molar-refractivity contribution in [2.45, 2.75) is 0 Å². The highest BCUT2D eigenvalue weighted by atomic mass is 16.4. The molecule has 252 valence electrons. The highest BCUT2D eigenvalue weighted by molar-refractivity contribution is 6.25. The van der Waals surface area contributed by atoms with Crippen molar-refractivity contribution >= 4 is 54.6 Å². The SMILES string of the molecule is c1ccc(-c2ccc3cc(-c4nc(-c5ccccc5)nc(-c5ccc6ccc7oc8ccc9oc(-c%10ccccc%10)nc9c8c7c6c5)n4)ccc3c2)cc1. The second kappa shape index (κ2) is 12.1. The molecule has 0 aliphatic heterocycles. The minimum atomic E-state index is 0.574. The van der Waals surface area contributed by atoms with Crippen LogP contribution >= 0.6 is 0 Å². The molecule has 0 atom stereocenters. The van der Waals surface area contributed by atoms with Gasteiger partial charge < -0.3 is 8.83 Å². The molecule has 11 rings (SSSR count). The lowest BCUT2D eigenvalue weighted by molar-refractivity contribution is 0.619. The summed E-state index contributed by atoms with van der Waals surface area (Å²) in [5, 5.41) is 6.25. The number of aromatic nitrogens is 4. The molecule has 0 radical (unpaired) electrons. The molecule has 6 heteroatoms. The Morgan fingerprint density at radius 3 is 1.52 bits per heavy atom. The number of rotatable bonds is 5. The van der Waals surface area contributed by atoms with Crippen LogP contribution in [0.1, 0.15) is 0 Å². The molecule has 6 nitrogen and oxygen atoms in total. The van der Waals surface area contributed by atoms with Crippen molar-refractivity contribution in [3.63, 3.8) is 0 Å². The molecule has 0 N–H and O–H groups in total. The van der Waals surface area contributed by atoms with Crippen LogP contribution in [0.3, 0.4) is 0 Å². The molecule has 0 aliphatic rings. The number of oxazole rings is 1.